The first kappa shape index (κ1) is 20.4. The van der Waals surface area contributed by atoms with Crippen molar-refractivity contribution in [1.29, 1.82) is 0 Å². The molecule has 0 N–H and O–H groups in total. The molecule has 2 aromatic carbocycles. The first-order valence-electron chi connectivity index (χ1n) is 4.89. The van der Waals surface area contributed by atoms with Crippen LogP contribution in [-0.2, 0) is 26.2 Å². The number of fused-ring (bicyclic) bond motifs is 1. The van der Waals surface area contributed by atoms with Gasteiger partial charge in [-0.05, 0) is 5.02 Å². The van der Waals surface area contributed by atoms with E-state index in [9.17, 15) is 0 Å². The molecule has 4 heteroatoms. The van der Waals surface area contributed by atoms with Gasteiger partial charge in [0.15, 0.2) is 0 Å². The fourth-order valence-electron chi connectivity index (χ4n) is 1.45. The van der Waals surface area contributed by atoms with Crippen molar-refractivity contribution in [1.82, 2.24) is 0 Å². The summed E-state index contributed by atoms with van der Waals surface area (Å²) in [7, 11) is 0. The van der Waals surface area contributed by atoms with Crippen molar-refractivity contribution in [2.75, 3.05) is 0 Å². The van der Waals surface area contributed by atoms with E-state index in [1.807, 2.05) is 36.4 Å². The van der Waals surface area contributed by atoms with E-state index >= 15 is 0 Å². The van der Waals surface area contributed by atoms with Gasteiger partial charge < -0.3 is 24.8 Å². The molecule has 0 bridgehead atoms. The first-order valence-corrected chi connectivity index (χ1v) is 5.27. The Morgan fingerprint density at radius 3 is 2.39 bits per heavy atom. The summed E-state index contributed by atoms with van der Waals surface area (Å²) in [5, 5.41) is 3.25. The van der Waals surface area contributed by atoms with Gasteiger partial charge in [-0.3, -0.25) is 6.08 Å². The second-order valence-electron chi connectivity index (χ2n) is 3.31. The largest absolute Gasteiger partial charge is 4.00 e. The number of halogens is 3. The molecular formula is C14H11Cl3Zr. The molecule has 1 aliphatic carbocycles. The van der Waals surface area contributed by atoms with Crippen molar-refractivity contribution in [2.24, 2.45) is 0 Å². The smallest absolute Gasteiger partial charge is 1.00 e. The summed E-state index contributed by atoms with van der Waals surface area (Å²) in [6.45, 7) is 0. The number of rotatable bonds is 0. The third-order valence-electron chi connectivity index (χ3n) is 2.17. The van der Waals surface area contributed by atoms with Gasteiger partial charge in [0.1, 0.15) is 0 Å². The van der Waals surface area contributed by atoms with Crippen LogP contribution in [0.25, 0.3) is 10.8 Å². The molecular weight excluding hydrogens is 366 g/mol. The third-order valence-corrected chi connectivity index (χ3v) is 2.39. The number of hydrogen-bond acceptors (Lipinski definition) is 0. The summed E-state index contributed by atoms with van der Waals surface area (Å²) in [4.78, 5) is 0. The molecule has 2 aromatic rings. The van der Waals surface area contributed by atoms with Crippen molar-refractivity contribution < 1.29 is 51.0 Å². The zero-order chi connectivity index (χ0) is 10.5. The van der Waals surface area contributed by atoms with E-state index in [-0.39, 0.29) is 51.0 Å². The molecule has 0 saturated carbocycles. The Labute approximate surface area is 144 Å². The topological polar surface area (TPSA) is 0 Å². The van der Waals surface area contributed by atoms with Crippen molar-refractivity contribution >= 4 is 22.4 Å². The predicted octanol–water partition coefficient (Wildman–Crippen LogP) is -1.48. The maximum absolute atomic E-state index is 5.78. The second kappa shape index (κ2) is 10.9. The van der Waals surface area contributed by atoms with Crippen LogP contribution in [0.3, 0.4) is 0 Å². The second-order valence-corrected chi connectivity index (χ2v) is 3.74. The molecule has 92 valence electrons. The van der Waals surface area contributed by atoms with E-state index in [4.69, 9.17) is 11.6 Å². The van der Waals surface area contributed by atoms with Crippen LogP contribution in [0.4, 0.5) is 0 Å². The van der Waals surface area contributed by atoms with E-state index in [0.717, 1.165) is 11.4 Å². The average Bonchev–Trinajstić information content (AvgIpc) is 2.87. The molecule has 0 saturated heterocycles. The molecule has 0 radical (unpaired) electrons. The van der Waals surface area contributed by atoms with Crippen LogP contribution in [0.15, 0.2) is 54.6 Å². The van der Waals surface area contributed by atoms with Crippen molar-refractivity contribution in [3.8, 4) is 0 Å². The minimum atomic E-state index is 0. The normalized spacial score (nSPS) is 10.7. The van der Waals surface area contributed by atoms with Crippen LogP contribution < -0.4 is 24.8 Å². The minimum Gasteiger partial charge on any atom is -1.00 e. The Morgan fingerprint density at radius 2 is 1.89 bits per heavy atom. The molecule has 0 amide bonds. The van der Waals surface area contributed by atoms with Crippen molar-refractivity contribution in [2.45, 2.75) is 6.42 Å². The summed E-state index contributed by atoms with van der Waals surface area (Å²) in [5.41, 5.74) is 0. The summed E-state index contributed by atoms with van der Waals surface area (Å²) in [5.74, 6) is 0. The molecule has 3 rings (SSSR count). The number of allylic oxidation sites excluding steroid dienone is 4. The van der Waals surface area contributed by atoms with Gasteiger partial charge in [0.25, 0.3) is 0 Å². The number of benzene rings is 1. The number of hydrogen-bond donors (Lipinski definition) is 0. The van der Waals surface area contributed by atoms with E-state index in [2.05, 4.69) is 24.3 Å². The van der Waals surface area contributed by atoms with Crippen LogP contribution in [0, 0.1) is 6.08 Å². The molecule has 0 nitrogen and oxygen atoms in total. The summed E-state index contributed by atoms with van der Waals surface area (Å²) < 4.78 is 0. The Balaban J connectivity index is 0. The van der Waals surface area contributed by atoms with Gasteiger partial charge in [0, 0.05) is 0 Å². The zero-order valence-electron chi connectivity index (χ0n) is 9.54. The summed E-state index contributed by atoms with van der Waals surface area (Å²) in [6, 6.07) is 12.1. The molecule has 1 aliphatic rings. The van der Waals surface area contributed by atoms with E-state index < -0.39 is 0 Å². The SMILES string of the molecule is Clc1cc2ccccc2[cH-]1.[C-]1=CC=CC1.[Cl-].[Cl-].[Zr+4]. The van der Waals surface area contributed by atoms with Crippen LogP contribution in [0.2, 0.25) is 5.02 Å². The van der Waals surface area contributed by atoms with Crippen molar-refractivity contribution in [3.63, 3.8) is 0 Å². The minimum absolute atomic E-state index is 0. The zero-order valence-corrected chi connectivity index (χ0v) is 14.3. The maximum Gasteiger partial charge on any atom is 4.00 e. The molecule has 0 heterocycles. The van der Waals surface area contributed by atoms with Gasteiger partial charge in [-0.1, -0.05) is 6.07 Å². The molecule has 0 spiro atoms. The first-order chi connectivity index (χ1) is 7.36. The molecule has 0 aliphatic heterocycles. The van der Waals surface area contributed by atoms with Crippen molar-refractivity contribution in [3.05, 3.63) is 65.7 Å². The standard InChI is InChI=1S/C9H6Cl.C5H5.2ClH.Zr/c10-9-5-7-3-1-2-4-8(7)6-9;1-2-4-5-3-1;;;/h1-6H;1-3H,4H2;2*1H;/q2*-1;;;+4/p-2. The Bertz CT molecular complexity index is 457. The summed E-state index contributed by atoms with van der Waals surface area (Å²) >= 11 is 5.78. The monoisotopic (exact) mass is 374 g/mol. The Hall–Kier alpha value is 0.0631. The predicted molar refractivity (Wildman–Crippen MR) is 66.1 cm³/mol. The molecule has 0 unspecified atom stereocenters. The van der Waals surface area contributed by atoms with Gasteiger partial charge in [0.05, 0.1) is 0 Å². The quantitative estimate of drug-likeness (QED) is 0.492. The summed E-state index contributed by atoms with van der Waals surface area (Å²) in [6.07, 6.45) is 10.0. The van der Waals surface area contributed by atoms with Crippen LogP contribution in [-0.4, -0.2) is 0 Å². The fourth-order valence-corrected chi connectivity index (χ4v) is 1.69. The van der Waals surface area contributed by atoms with E-state index in [0.29, 0.717) is 0 Å². The Morgan fingerprint density at radius 1 is 1.17 bits per heavy atom. The van der Waals surface area contributed by atoms with Crippen LogP contribution >= 0.6 is 11.6 Å². The van der Waals surface area contributed by atoms with E-state index in [1.165, 1.54) is 10.8 Å². The molecule has 0 fully saturated rings. The third kappa shape index (κ3) is 6.29. The van der Waals surface area contributed by atoms with E-state index in [1.54, 1.807) is 0 Å². The molecule has 18 heavy (non-hydrogen) atoms. The van der Waals surface area contributed by atoms with Gasteiger partial charge in [0.2, 0.25) is 0 Å². The molecule has 0 atom stereocenters. The van der Waals surface area contributed by atoms with Gasteiger partial charge >= 0.3 is 26.2 Å². The molecule has 0 aromatic heterocycles. The van der Waals surface area contributed by atoms with Crippen LogP contribution in [0.1, 0.15) is 6.42 Å². The fraction of sp³-hybridized carbons (Fsp3) is 0.0714. The average molecular weight is 377 g/mol. The maximum atomic E-state index is 5.78. The van der Waals surface area contributed by atoms with Gasteiger partial charge in [-0.2, -0.15) is 6.08 Å². The van der Waals surface area contributed by atoms with Gasteiger partial charge in [-0.25, -0.2) is 12.2 Å². The van der Waals surface area contributed by atoms with Gasteiger partial charge in [-0.15, -0.1) is 59.1 Å². The van der Waals surface area contributed by atoms with Crippen LogP contribution in [0.5, 0.6) is 0 Å². The Kier molecular flexibility index (Phi) is 12.4.